The largest absolute Gasteiger partial charge is 0.393 e. The Balaban J connectivity index is 1.54. The summed E-state index contributed by atoms with van der Waals surface area (Å²) in [6.07, 6.45) is 2.79. The first-order valence-corrected chi connectivity index (χ1v) is 10.2. The van der Waals surface area contributed by atoms with Crippen LogP contribution < -0.4 is 10.2 Å². The molecule has 9 nitrogen and oxygen atoms in total. The Hall–Kier alpha value is -4.16. The fraction of sp³-hybridized carbons (Fsp3) is 0.217. The van der Waals surface area contributed by atoms with Crippen molar-refractivity contribution in [1.29, 1.82) is 16.2 Å². The van der Waals surface area contributed by atoms with Gasteiger partial charge >= 0.3 is 0 Å². The van der Waals surface area contributed by atoms with Crippen molar-refractivity contribution in [2.45, 2.75) is 18.9 Å². The lowest BCUT2D eigenvalue weighted by Gasteiger charge is -2.32. The molecule has 9 heteroatoms. The molecule has 4 rings (SSSR count). The fourth-order valence-corrected chi connectivity index (χ4v) is 3.65. The lowest BCUT2D eigenvalue weighted by molar-refractivity contribution is 0.145. The molecule has 0 bridgehead atoms. The zero-order chi connectivity index (χ0) is 22.5. The predicted molar refractivity (Wildman–Crippen MR) is 121 cm³/mol. The molecular formula is C23H22N8O. The van der Waals surface area contributed by atoms with Gasteiger partial charge in [-0.05, 0) is 55.3 Å². The minimum absolute atomic E-state index is 0.104. The molecule has 0 aliphatic carbocycles. The zero-order valence-electron chi connectivity index (χ0n) is 17.3. The van der Waals surface area contributed by atoms with Gasteiger partial charge in [-0.3, -0.25) is 5.41 Å². The van der Waals surface area contributed by atoms with E-state index in [1.807, 2.05) is 18.2 Å². The van der Waals surface area contributed by atoms with E-state index >= 15 is 0 Å². The smallest absolute Gasteiger partial charge is 0.227 e. The molecule has 1 aliphatic heterocycles. The number of hydrogen-bond donors (Lipinski definition) is 4. The Bertz CT molecular complexity index is 1180. The van der Waals surface area contributed by atoms with Gasteiger partial charge in [0.25, 0.3) is 0 Å². The first-order chi connectivity index (χ1) is 15.6. The van der Waals surface area contributed by atoms with Crippen LogP contribution in [0.15, 0.2) is 59.8 Å². The number of aliphatic hydroxyl groups is 1. The summed E-state index contributed by atoms with van der Waals surface area (Å²) in [5, 5.41) is 33.3. The molecule has 2 aromatic carbocycles. The van der Waals surface area contributed by atoms with E-state index in [1.54, 1.807) is 36.5 Å². The molecule has 0 saturated carbocycles. The third-order valence-corrected chi connectivity index (χ3v) is 5.40. The number of anilines is 3. The molecule has 160 valence electrons. The summed E-state index contributed by atoms with van der Waals surface area (Å²) in [6.45, 7) is 1.45. The normalized spacial score (nSPS) is 13.9. The third kappa shape index (κ3) is 4.61. The second-order valence-electron chi connectivity index (χ2n) is 7.49. The van der Waals surface area contributed by atoms with Crippen LogP contribution in [-0.2, 0) is 0 Å². The maximum atomic E-state index is 9.74. The van der Waals surface area contributed by atoms with Crippen molar-refractivity contribution < 1.29 is 5.11 Å². The van der Waals surface area contributed by atoms with Gasteiger partial charge < -0.3 is 15.3 Å². The molecule has 0 radical (unpaired) electrons. The van der Waals surface area contributed by atoms with Gasteiger partial charge in [-0.2, -0.15) is 5.26 Å². The van der Waals surface area contributed by atoms with Crippen molar-refractivity contribution >= 4 is 23.2 Å². The quantitative estimate of drug-likeness (QED) is 0.275. The summed E-state index contributed by atoms with van der Waals surface area (Å²) >= 11 is 0. The topological polar surface area (TPSA) is 145 Å². The van der Waals surface area contributed by atoms with E-state index in [0.717, 1.165) is 30.0 Å². The van der Waals surface area contributed by atoms with Crippen LogP contribution >= 0.6 is 0 Å². The maximum absolute atomic E-state index is 9.74. The minimum Gasteiger partial charge on any atom is -0.393 e. The van der Waals surface area contributed by atoms with Gasteiger partial charge in [0.2, 0.25) is 5.95 Å². The summed E-state index contributed by atoms with van der Waals surface area (Å²) < 4.78 is 0. The molecule has 0 amide bonds. The lowest BCUT2D eigenvalue weighted by Crippen LogP contribution is -2.36. The van der Waals surface area contributed by atoms with Crippen LogP contribution in [0.1, 0.15) is 24.0 Å². The van der Waals surface area contributed by atoms with Gasteiger partial charge in [0.1, 0.15) is 6.07 Å². The molecule has 4 N–H and O–H groups in total. The molecule has 1 saturated heterocycles. The Morgan fingerprint density at radius 3 is 2.59 bits per heavy atom. The van der Waals surface area contributed by atoms with E-state index in [9.17, 15) is 10.4 Å². The van der Waals surface area contributed by atoms with Gasteiger partial charge in [0.05, 0.1) is 23.0 Å². The Morgan fingerprint density at radius 1 is 1.16 bits per heavy atom. The number of nitriles is 1. The highest BCUT2D eigenvalue weighted by Gasteiger charge is 2.20. The van der Waals surface area contributed by atoms with E-state index in [4.69, 9.17) is 10.9 Å². The Kier molecular flexibility index (Phi) is 6.14. The van der Waals surface area contributed by atoms with Crippen LogP contribution in [0, 0.1) is 22.3 Å². The minimum atomic E-state index is -0.265. The molecule has 3 aromatic rings. The van der Waals surface area contributed by atoms with Crippen molar-refractivity contribution in [3.05, 3.63) is 65.9 Å². The monoisotopic (exact) mass is 426 g/mol. The van der Waals surface area contributed by atoms with Crippen LogP contribution in [0.5, 0.6) is 0 Å². The number of hydrogen-bond acceptors (Lipinski definition) is 8. The molecule has 1 aliphatic rings. The average molecular weight is 426 g/mol. The van der Waals surface area contributed by atoms with Crippen molar-refractivity contribution in [2.24, 2.45) is 5.11 Å². The van der Waals surface area contributed by atoms with Crippen LogP contribution in [0.25, 0.3) is 11.3 Å². The third-order valence-electron chi connectivity index (χ3n) is 5.40. The molecule has 2 heterocycles. The maximum Gasteiger partial charge on any atom is 0.227 e. The second-order valence-corrected chi connectivity index (χ2v) is 7.49. The Labute approximate surface area is 185 Å². The van der Waals surface area contributed by atoms with Gasteiger partial charge in [0, 0.05) is 36.1 Å². The number of aromatic nitrogens is 2. The van der Waals surface area contributed by atoms with E-state index in [2.05, 4.69) is 31.4 Å². The van der Waals surface area contributed by atoms with Gasteiger partial charge in [-0.15, -0.1) is 5.11 Å². The highest BCUT2D eigenvalue weighted by Crippen LogP contribution is 2.29. The predicted octanol–water partition coefficient (Wildman–Crippen LogP) is 4.08. The van der Waals surface area contributed by atoms with Crippen molar-refractivity contribution in [2.75, 3.05) is 23.3 Å². The van der Waals surface area contributed by atoms with E-state index < -0.39 is 0 Å². The van der Waals surface area contributed by atoms with Crippen molar-refractivity contribution in [1.82, 2.24) is 9.97 Å². The number of nitrogens with one attached hydrogen (secondary N) is 3. The zero-order valence-corrected chi connectivity index (χ0v) is 17.3. The van der Waals surface area contributed by atoms with E-state index in [-0.39, 0.29) is 11.9 Å². The van der Waals surface area contributed by atoms with E-state index in [0.29, 0.717) is 35.6 Å². The summed E-state index contributed by atoms with van der Waals surface area (Å²) in [5.41, 5.74) is 11.2. The standard InChI is InChI=1S/C23H22N8O/c24-14-17-13-16(3-6-21(17)31-11-8-19(32)9-12-31)20-7-10-27-23(29-20)28-18-4-1-15(2-5-18)22(25)30-26/h1-7,10,13,19,25-26,32H,8-9,11-12H2,(H,27,28,29). The molecule has 1 aromatic heterocycles. The molecule has 0 atom stereocenters. The SMILES string of the molecule is N#Cc1cc(-c2ccnc(Nc3ccc(C(=N)N=N)cc3)n2)ccc1N1CCC(O)CC1. The first-order valence-electron chi connectivity index (χ1n) is 10.2. The fourth-order valence-electron chi connectivity index (χ4n) is 3.65. The summed E-state index contributed by atoms with van der Waals surface area (Å²) in [4.78, 5) is 11.0. The molecular weight excluding hydrogens is 404 g/mol. The van der Waals surface area contributed by atoms with Gasteiger partial charge in [0.15, 0.2) is 5.84 Å². The highest BCUT2D eigenvalue weighted by molar-refractivity contribution is 5.96. The Morgan fingerprint density at radius 2 is 1.91 bits per heavy atom. The molecule has 0 unspecified atom stereocenters. The summed E-state index contributed by atoms with van der Waals surface area (Å²) in [7, 11) is 0. The number of amidine groups is 1. The number of aliphatic hydroxyl groups excluding tert-OH is 1. The molecule has 0 spiro atoms. The van der Waals surface area contributed by atoms with Crippen molar-refractivity contribution in [3.8, 4) is 17.3 Å². The summed E-state index contributed by atoms with van der Waals surface area (Å²) in [6, 6.07) is 16.7. The number of rotatable bonds is 5. The van der Waals surface area contributed by atoms with Gasteiger partial charge in [-0.25, -0.2) is 15.5 Å². The second kappa shape index (κ2) is 9.32. The average Bonchev–Trinajstić information content (AvgIpc) is 2.84. The van der Waals surface area contributed by atoms with Crippen molar-refractivity contribution in [3.63, 3.8) is 0 Å². The highest BCUT2D eigenvalue weighted by atomic mass is 16.3. The number of nitrogens with zero attached hydrogens (tertiary/aromatic N) is 5. The number of piperidine rings is 1. The van der Waals surface area contributed by atoms with Crippen LogP contribution in [0.2, 0.25) is 0 Å². The van der Waals surface area contributed by atoms with Crippen LogP contribution in [0.4, 0.5) is 17.3 Å². The lowest BCUT2D eigenvalue weighted by atomic mass is 10.0. The van der Waals surface area contributed by atoms with Crippen LogP contribution in [-0.4, -0.2) is 40.1 Å². The molecule has 32 heavy (non-hydrogen) atoms. The van der Waals surface area contributed by atoms with E-state index in [1.165, 1.54) is 0 Å². The first kappa shape index (κ1) is 21.1. The number of benzene rings is 2. The molecule has 1 fully saturated rings. The van der Waals surface area contributed by atoms with Gasteiger partial charge in [-0.1, -0.05) is 6.07 Å². The van der Waals surface area contributed by atoms with Crippen LogP contribution in [0.3, 0.4) is 0 Å². The summed E-state index contributed by atoms with van der Waals surface area (Å²) in [5.74, 6) is 0.301.